The number of nitro benzene ring substituents is 1. The first-order chi connectivity index (χ1) is 10.8. The number of nitrogens with zero attached hydrogens (tertiary/aromatic N) is 1. The first-order valence-electron chi connectivity index (χ1n) is 7.35. The van der Waals surface area contributed by atoms with E-state index in [4.69, 9.17) is 0 Å². The second kappa shape index (κ2) is 6.57. The molecule has 0 spiro atoms. The summed E-state index contributed by atoms with van der Waals surface area (Å²) in [7, 11) is 0. The van der Waals surface area contributed by atoms with Gasteiger partial charge < -0.3 is 0 Å². The molecule has 0 aliphatic carbocycles. The van der Waals surface area contributed by atoms with Gasteiger partial charge in [0.25, 0.3) is 5.69 Å². The largest absolute Gasteiger partial charge is 0.289 e. The average Bonchev–Trinajstić information content (AvgIpc) is 2.52. The van der Waals surface area contributed by atoms with Gasteiger partial charge in [-0.05, 0) is 34.8 Å². The molecule has 0 bridgehead atoms. The predicted octanol–water partition coefficient (Wildman–Crippen LogP) is 4.79. The molecule has 0 heterocycles. The van der Waals surface area contributed by atoms with Gasteiger partial charge in [-0.3, -0.25) is 14.9 Å². The Morgan fingerprint density at radius 3 is 2.04 bits per heavy atom. The summed E-state index contributed by atoms with van der Waals surface area (Å²) in [5.74, 6) is -0.181. The Morgan fingerprint density at radius 2 is 1.57 bits per heavy atom. The SMILES string of the molecule is CC(C)(C)c1ccc(C=CC(=O)c2ccc([N+](=O)[O-])cc2)cc1. The van der Waals surface area contributed by atoms with E-state index in [9.17, 15) is 14.9 Å². The molecule has 118 valence electrons. The van der Waals surface area contributed by atoms with Crippen molar-refractivity contribution in [3.63, 3.8) is 0 Å². The van der Waals surface area contributed by atoms with Gasteiger partial charge in [-0.1, -0.05) is 51.1 Å². The Balaban J connectivity index is 2.10. The fraction of sp³-hybridized carbons (Fsp3) is 0.211. The highest BCUT2D eigenvalue weighted by atomic mass is 16.6. The molecule has 0 aromatic heterocycles. The third-order valence-electron chi connectivity index (χ3n) is 3.57. The molecule has 0 atom stereocenters. The van der Waals surface area contributed by atoms with Crippen LogP contribution in [-0.2, 0) is 5.41 Å². The quantitative estimate of drug-likeness (QED) is 0.353. The fourth-order valence-corrected chi connectivity index (χ4v) is 2.11. The number of rotatable bonds is 4. The first-order valence-corrected chi connectivity index (χ1v) is 7.35. The molecule has 4 nitrogen and oxygen atoms in total. The van der Waals surface area contributed by atoms with Gasteiger partial charge in [0.2, 0.25) is 0 Å². The molecular formula is C19H19NO3. The van der Waals surface area contributed by atoms with Crippen molar-refractivity contribution >= 4 is 17.5 Å². The number of non-ortho nitro benzene ring substituents is 1. The summed E-state index contributed by atoms with van der Waals surface area (Å²) in [6, 6.07) is 13.6. The zero-order valence-electron chi connectivity index (χ0n) is 13.4. The Labute approximate surface area is 135 Å². The highest BCUT2D eigenvalue weighted by Crippen LogP contribution is 2.22. The maximum Gasteiger partial charge on any atom is 0.269 e. The third-order valence-corrected chi connectivity index (χ3v) is 3.57. The number of carbonyl (C=O) groups excluding carboxylic acids is 1. The maximum absolute atomic E-state index is 12.1. The van der Waals surface area contributed by atoms with Crippen LogP contribution in [0.2, 0.25) is 0 Å². The molecule has 0 aliphatic heterocycles. The Bertz CT molecular complexity index is 736. The fourth-order valence-electron chi connectivity index (χ4n) is 2.11. The van der Waals surface area contributed by atoms with Gasteiger partial charge in [-0.2, -0.15) is 0 Å². The van der Waals surface area contributed by atoms with Crippen LogP contribution >= 0.6 is 0 Å². The van der Waals surface area contributed by atoms with Gasteiger partial charge >= 0.3 is 0 Å². The Kier molecular flexibility index (Phi) is 4.74. The smallest absolute Gasteiger partial charge is 0.269 e. The van der Waals surface area contributed by atoms with Crippen LogP contribution in [0.5, 0.6) is 0 Å². The lowest BCUT2D eigenvalue weighted by molar-refractivity contribution is -0.384. The highest BCUT2D eigenvalue weighted by molar-refractivity contribution is 6.06. The van der Waals surface area contributed by atoms with E-state index in [2.05, 4.69) is 32.9 Å². The number of carbonyl (C=O) groups is 1. The zero-order valence-corrected chi connectivity index (χ0v) is 13.4. The molecule has 0 aliphatic rings. The molecule has 0 fully saturated rings. The van der Waals surface area contributed by atoms with Crippen LogP contribution in [0, 0.1) is 10.1 Å². The second-order valence-electron chi connectivity index (χ2n) is 6.37. The standard InChI is InChI=1S/C19H19NO3/c1-19(2,3)16-9-4-14(5-10-16)6-13-18(21)15-7-11-17(12-8-15)20(22)23/h4-13H,1-3H3. The number of benzene rings is 2. The molecule has 2 aromatic rings. The van der Waals surface area contributed by atoms with Crippen molar-refractivity contribution in [1.82, 2.24) is 0 Å². The van der Waals surface area contributed by atoms with Gasteiger partial charge in [0.05, 0.1) is 4.92 Å². The lowest BCUT2D eigenvalue weighted by Crippen LogP contribution is -2.10. The van der Waals surface area contributed by atoms with Crippen molar-refractivity contribution in [1.29, 1.82) is 0 Å². The van der Waals surface area contributed by atoms with Crippen LogP contribution in [0.1, 0.15) is 42.3 Å². The third kappa shape index (κ3) is 4.36. The number of nitro groups is 1. The zero-order chi connectivity index (χ0) is 17.0. The van der Waals surface area contributed by atoms with E-state index < -0.39 is 4.92 Å². The monoisotopic (exact) mass is 309 g/mol. The summed E-state index contributed by atoms with van der Waals surface area (Å²) in [6.07, 6.45) is 3.23. The minimum absolute atomic E-state index is 0.0247. The van der Waals surface area contributed by atoms with Gasteiger partial charge in [-0.25, -0.2) is 0 Å². The molecule has 0 radical (unpaired) electrons. The molecule has 0 saturated carbocycles. The van der Waals surface area contributed by atoms with Crippen molar-refractivity contribution in [2.75, 3.05) is 0 Å². The van der Waals surface area contributed by atoms with E-state index >= 15 is 0 Å². The first kappa shape index (κ1) is 16.6. The van der Waals surface area contributed by atoms with E-state index in [-0.39, 0.29) is 16.9 Å². The van der Waals surface area contributed by atoms with E-state index in [1.54, 1.807) is 6.08 Å². The predicted molar refractivity (Wildman–Crippen MR) is 91.6 cm³/mol. The lowest BCUT2D eigenvalue weighted by atomic mass is 9.87. The van der Waals surface area contributed by atoms with Gasteiger partial charge in [0.15, 0.2) is 5.78 Å². The number of hydrogen-bond donors (Lipinski definition) is 0. The molecule has 2 aromatic carbocycles. The van der Waals surface area contributed by atoms with Crippen LogP contribution in [0.4, 0.5) is 5.69 Å². The van der Waals surface area contributed by atoms with E-state index in [0.717, 1.165) is 5.56 Å². The minimum atomic E-state index is -0.485. The molecule has 23 heavy (non-hydrogen) atoms. The summed E-state index contributed by atoms with van der Waals surface area (Å²) in [5, 5.41) is 10.6. The summed E-state index contributed by atoms with van der Waals surface area (Å²) in [4.78, 5) is 22.2. The van der Waals surface area contributed by atoms with E-state index in [1.165, 1.54) is 35.9 Å². The molecular weight excluding hydrogens is 290 g/mol. The van der Waals surface area contributed by atoms with Crippen LogP contribution < -0.4 is 0 Å². The molecule has 0 N–H and O–H groups in total. The normalized spacial score (nSPS) is 11.6. The lowest BCUT2D eigenvalue weighted by Gasteiger charge is -2.18. The van der Waals surface area contributed by atoms with Crippen LogP contribution in [-0.4, -0.2) is 10.7 Å². The second-order valence-corrected chi connectivity index (χ2v) is 6.37. The maximum atomic E-state index is 12.1. The average molecular weight is 309 g/mol. The summed E-state index contributed by atoms with van der Waals surface area (Å²) in [6.45, 7) is 6.45. The topological polar surface area (TPSA) is 60.2 Å². The van der Waals surface area contributed by atoms with Crippen molar-refractivity contribution < 1.29 is 9.72 Å². The summed E-state index contributed by atoms with van der Waals surface area (Å²) < 4.78 is 0. The van der Waals surface area contributed by atoms with E-state index in [1.807, 2.05) is 12.1 Å². The summed E-state index contributed by atoms with van der Waals surface area (Å²) in [5.41, 5.74) is 2.67. The van der Waals surface area contributed by atoms with Crippen LogP contribution in [0.3, 0.4) is 0 Å². The molecule has 0 amide bonds. The molecule has 2 rings (SSSR count). The van der Waals surface area contributed by atoms with E-state index in [0.29, 0.717) is 5.56 Å². The van der Waals surface area contributed by atoms with Crippen LogP contribution in [0.15, 0.2) is 54.6 Å². The van der Waals surface area contributed by atoms with Crippen LogP contribution in [0.25, 0.3) is 6.08 Å². The summed E-state index contributed by atoms with van der Waals surface area (Å²) >= 11 is 0. The number of ketones is 1. The van der Waals surface area contributed by atoms with Crippen molar-refractivity contribution in [3.05, 3.63) is 81.4 Å². The van der Waals surface area contributed by atoms with Crippen molar-refractivity contribution in [3.8, 4) is 0 Å². The molecule has 0 saturated heterocycles. The van der Waals surface area contributed by atoms with Gasteiger partial charge in [0.1, 0.15) is 0 Å². The number of allylic oxidation sites excluding steroid dienone is 1. The molecule has 4 heteroatoms. The van der Waals surface area contributed by atoms with Gasteiger partial charge in [0, 0.05) is 17.7 Å². The van der Waals surface area contributed by atoms with Crippen molar-refractivity contribution in [2.45, 2.75) is 26.2 Å². The Morgan fingerprint density at radius 1 is 1.00 bits per heavy atom. The number of hydrogen-bond acceptors (Lipinski definition) is 3. The van der Waals surface area contributed by atoms with Gasteiger partial charge in [-0.15, -0.1) is 0 Å². The van der Waals surface area contributed by atoms with Crippen molar-refractivity contribution in [2.24, 2.45) is 0 Å². The highest BCUT2D eigenvalue weighted by Gasteiger charge is 2.12. The Hall–Kier alpha value is -2.75. The molecule has 0 unspecified atom stereocenters. The minimum Gasteiger partial charge on any atom is -0.289 e.